The van der Waals surface area contributed by atoms with Gasteiger partial charge in [0, 0.05) is 12.0 Å². The number of aldehydes is 1. The van der Waals surface area contributed by atoms with Crippen LogP contribution in [0.5, 0.6) is 0 Å². The summed E-state index contributed by atoms with van der Waals surface area (Å²) in [5.41, 5.74) is 0.556. The molecular formula is C18H33NO. The summed E-state index contributed by atoms with van der Waals surface area (Å²) in [4.78, 5) is 14.3. The van der Waals surface area contributed by atoms with Crippen LogP contribution >= 0.6 is 0 Å². The van der Waals surface area contributed by atoms with Crippen LogP contribution in [0.3, 0.4) is 0 Å². The van der Waals surface area contributed by atoms with Gasteiger partial charge in [-0.15, -0.1) is 0 Å². The third-order valence-corrected chi connectivity index (χ3v) is 6.33. The van der Waals surface area contributed by atoms with Crippen molar-refractivity contribution >= 4 is 6.29 Å². The molecule has 1 heterocycles. The molecule has 2 atom stereocenters. The van der Waals surface area contributed by atoms with E-state index in [1.54, 1.807) is 0 Å². The molecular weight excluding hydrogens is 246 g/mol. The summed E-state index contributed by atoms with van der Waals surface area (Å²) in [6.45, 7) is 10.4. The molecule has 0 N–H and O–H groups in total. The number of nitrogens with zero attached hydrogens (tertiary/aromatic N) is 1. The summed E-state index contributed by atoms with van der Waals surface area (Å²) in [6, 6.07) is 0. The van der Waals surface area contributed by atoms with E-state index in [9.17, 15) is 4.79 Å². The lowest BCUT2D eigenvalue weighted by molar-refractivity contribution is -0.120. The minimum Gasteiger partial charge on any atom is -0.303 e. The maximum atomic E-state index is 11.7. The molecule has 1 aliphatic carbocycles. The van der Waals surface area contributed by atoms with Crippen molar-refractivity contribution in [1.29, 1.82) is 0 Å². The van der Waals surface area contributed by atoms with Gasteiger partial charge in [-0.2, -0.15) is 0 Å². The molecule has 0 bridgehead atoms. The molecule has 1 saturated carbocycles. The minimum absolute atomic E-state index is 0.0317. The van der Waals surface area contributed by atoms with Crippen LogP contribution in [0.4, 0.5) is 0 Å². The predicted octanol–water partition coefficient (Wildman–Crippen LogP) is 4.28. The van der Waals surface area contributed by atoms with E-state index in [1.165, 1.54) is 57.9 Å². The second kappa shape index (κ2) is 6.60. The van der Waals surface area contributed by atoms with Gasteiger partial charge in [0.25, 0.3) is 0 Å². The molecule has 1 aliphatic heterocycles. The van der Waals surface area contributed by atoms with Gasteiger partial charge in [-0.25, -0.2) is 0 Å². The summed E-state index contributed by atoms with van der Waals surface area (Å²) in [7, 11) is 0. The number of piperidine rings is 1. The Morgan fingerprint density at radius 1 is 1.15 bits per heavy atom. The van der Waals surface area contributed by atoms with Gasteiger partial charge in [0.15, 0.2) is 0 Å². The van der Waals surface area contributed by atoms with E-state index >= 15 is 0 Å². The van der Waals surface area contributed by atoms with Crippen LogP contribution in [0.2, 0.25) is 0 Å². The fourth-order valence-electron chi connectivity index (χ4n) is 4.58. The first kappa shape index (κ1) is 16.0. The molecule has 2 nitrogen and oxygen atoms in total. The van der Waals surface area contributed by atoms with Gasteiger partial charge in [0.2, 0.25) is 0 Å². The van der Waals surface area contributed by atoms with E-state index in [0.29, 0.717) is 5.41 Å². The van der Waals surface area contributed by atoms with Crippen molar-refractivity contribution in [3.05, 3.63) is 0 Å². The molecule has 20 heavy (non-hydrogen) atoms. The number of carbonyl (C=O) groups is 1. The minimum atomic E-state index is -0.0317. The summed E-state index contributed by atoms with van der Waals surface area (Å²) in [5.74, 6) is 0.726. The van der Waals surface area contributed by atoms with E-state index < -0.39 is 0 Å². The normalized spacial score (nSPS) is 34.9. The zero-order valence-corrected chi connectivity index (χ0v) is 13.8. The highest BCUT2D eigenvalue weighted by atomic mass is 16.1. The zero-order chi connectivity index (χ0) is 14.6. The van der Waals surface area contributed by atoms with Crippen molar-refractivity contribution in [1.82, 2.24) is 4.90 Å². The van der Waals surface area contributed by atoms with Crippen molar-refractivity contribution in [2.75, 3.05) is 19.6 Å². The van der Waals surface area contributed by atoms with Crippen molar-refractivity contribution in [2.24, 2.45) is 16.7 Å². The average Bonchev–Trinajstić information content (AvgIpc) is 2.48. The predicted molar refractivity (Wildman–Crippen MR) is 84.8 cm³/mol. The maximum absolute atomic E-state index is 11.7. The molecule has 2 aliphatic rings. The Hall–Kier alpha value is -0.370. The second-order valence-electron chi connectivity index (χ2n) is 7.67. The number of carbonyl (C=O) groups excluding carboxylic acids is 1. The van der Waals surface area contributed by atoms with Crippen LogP contribution < -0.4 is 0 Å². The quantitative estimate of drug-likeness (QED) is 0.700. The molecule has 2 heteroatoms. The molecule has 116 valence electrons. The molecule has 2 rings (SSSR count). The first-order chi connectivity index (χ1) is 9.57. The third kappa shape index (κ3) is 3.44. The maximum Gasteiger partial charge on any atom is 0.127 e. The van der Waals surface area contributed by atoms with E-state index in [1.807, 2.05) is 0 Å². The van der Waals surface area contributed by atoms with Gasteiger partial charge >= 0.3 is 0 Å². The molecule has 0 aromatic carbocycles. The highest BCUT2D eigenvalue weighted by Crippen LogP contribution is 2.42. The van der Waals surface area contributed by atoms with E-state index in [4.69, 9.17) is 0 Å². The summed E-state index contributed by atoms with van der Waals surface area (Å²) in [6.07, 6.45) is 11.3. The van der Waals surface area contributed by atoms with Gasteiger partial charge in [0.05, 0.1) is 0 Å². The first-order valence-electron chi connectivity index (χ1n) is 8.76. The van der Waals surface area contributed by atoms with Crippen molar-refractivity contribution in [3.8, 4) is 0 Å². The van der Waals surface area contributed by atoms with Gasteiger partial charge in [-0.05, 0) is 50.1 Å². The highest BCUT2D eigenvalue weighted by molar-refractivity contribution is 5.60. The smallest absolute Gasteiger partial charge is 0.127 e. The number of rotatable bonds is 5. The zero-order valence-electron chi connectivity index (χ0n) is 13.8. The lowest BCUT2D eigenvalue weighted by Gasteiger charge is -2.45. The molecule has 0 aromatic heterocycles. The van der Waals surface area contributed by atoms with Gasteiger partial charge in [-0.3, -0.25) is 0 Å². The lowest BCUT2D eigenvalue weighted by atomic mass is 9.69. The molecule has 2 fully saturated rings. The molecule has 0 amide bonds. The average molecular weight is 279 g/mol. The second-order valence-corrected chi connectivity index (χ2v) is 7.67. The Balaban J connectivity index is 1.92. The molecule has 0 aromatic rings. The lowest BCUT2D eigenvalue weighted by Crippen LogP contribution is -2.47. The van der Waals surface area contributed by atoms with Crippen molar-refractivity contribution in [3.63, 3.8) is 0 Å². The number of hydrogen-bond acceptors (Lipinski definition) is 2. The fourth-order valence-corrected chi connectivity index (χ4v) is 4.58. The van der Waals surface area contributed by atoms with Gasteiger partial charge in [0.1, 0.15) is 6.29 Å². The standard InChI is InChI=1S/C18H33NO/c1-4-17(5-2)9-11-19(12-10-17)14-18(15-20)8-6-7-16(3)13-18/h15-16H,4-14H2,1-3H3. The monoisotopic (exact) mass is 279 g/mol. The van der Waals surface area contributed by atoms with Crippen molar-refractivity contribution < 1.29 is 4.79 Å². The Labute approximate surface area is 125 Å². The summed E-state index contributed by atoms with van der Waals surface area (Å²) < 4.78 is 0. The van der Waals surface area contributed by atoms with Gasteiger partial charge in [-0.1, -0.05) is 46.5 Å². The van der Waals surface area contributed by atoms with Crippen LogP contribution in [0, 0.1) is 16.7 Å². The van der Waals surface area contributed by atoms with Crippen molar-refractivity contribution in [2.45, 2.75) is 72.1 Å². The van der Waals surface area contributed by atoms with E-state index in [2.05, 4.69) is 25.7 Å². The number of likely N-dealkylation sites (tertiary alicyclic amines) is 1. The topological polar surface area (TPSA) is 20.3 Å². The van der Waals surface area contributed by atoms with Crippen LogP contribution in [-0.2, 0) is 4.79 Å². The Morgan fingerprint density at radius 2 is 1.80 bits per heavy atom. The van der Waals surface area contributed by atoms with Crippen LogP contribution in [0.25, 0.3) is 0 Å². The summed E-state index contributed by atoms with van der Waals surface area (Å²) >= 11 is 0. The van der Waals surface area contributed by atoms with Crippen LogP contribution in [0.15, 0.2) is 0 Å². The third-order valence-electron chi connectivity index (χ3n) is 6.33. The SMILES string of the molecule is CCC1(CC)CCN(CC2(C=O)CCCC(C)C2)CC1. The fraction of sp³-hybridized carbons (Fsp3) is 0.944. The molecule has 0 spiro atoms. The van der Waals surface area contributed by atoms with Crippen LogP contribution in [-0.4, -0.2) is 30.8 Å². The van der Waals surface area contributed by atoms with Gasteiger partial charge < -0.3 is 9.69 Å². The molecule has 0 radical (unpaired) electrons. The largest absolute Gasteiger partial charge is 0.303 e. The van der Waals surface area contributed by atoms with E-state index in [0.717, 1.165) is 25.3 Å². The van der Waals surface area contributed by atoms with Crippen LogP contribution in [0.1, 0.15) is 72.1 Å². The highest BCUT2D eigenvalue weighted by Gasteiger charge is 2.38. The number of hydrogen-bond donors (Lipinski definition) is 0. The van der Waals surface area contributed by atoms with E-state index in [-0.39, 0.29) is 5.41 Å². The summed E-state index contributed by atoms with van der Waals surface area (Å²) in [5, 5.41) is 0. The Morgan fingerprint density at radius 3 is 2.30 bits per heavy atom. The Kier molecular flexibility index (Phi) is 5.28. The first-order valence-corrected chi connectivity index (χ1v) is 8.76. The Bertz CT molecular complexity index is 313. The molecule has 1 saturated heterocycles. The molecule has 2 unspecified atom stereocenters.